The lowest BCUT2D eigenvalue weighted by molar-refractivity contribution is -0.174. The molecule has 3 aliphatic rings. The van der Waals surface area contributed by atoms with Crippen molar-refractivity contribution in [1.29, 1.82) is 0 Å². The van der Waals surface area contributed by atoms with Crippen molar-refractivity contribution < 1.29 is 28.1 Å². The molecule has 0 radical (unpaired) electrons. The summed E-state index contributed by atoms with van der Waals surface area (Å²) in [6.07, 6.45) is 9.79. The Morgan fingerprint density at radius 1 is 1.18 bits per heavy atom. The maximum absolute atomic E-state index is 13.1. The predicted molar refractivity (Wildman–Crippen MR) is 126 cm³/mol. The molecule has 2 aliphatic heterocycles. The van der Waals surface area contributed by atoms with Gasteiger partial charge in [-0.3, -0.25) is 10.1 Å². The summed E-state index contributed by atoms with van der Waals surface area (Å²) >= 11 is -1.32. The fraction of sp³-hybridized carbons (Fsp3) is 0.833. The third-order valence-electron chi connectivity index (χ3n) is 7.31. The van der Waals surface area contributed by atoms with E-state index in [-0.39, 0.29) is 22.9 Å². The lowest BCUT2D eigenvalue weighted by Gasteiger charge is -2.36. The van der Waals surface area contributed by atoms with Crippen LogP contribution in [0.4, 0.5) is 5.88 Å². The van der Waals surface area contributed by atoms with E-state index in [0.29, 0.717) is 38.5 Å². The van der Waals surface area contributed by atoms with Crippen LogP contribution in [-0.2, 0) is 35.6 Å². The number of amides is 1. The first kappa shape index (κ1) is 25.0. The molecule has 186 valence electrons. The van der Waals surface area contributed by atoms with Crippen LogP contribution in [0.25, 0.3) is 0 Å². The van der Waals surface area contributed by atoms with Crippen LogP contribution < -0.4 is 5.32 Å². The third-order valence-corrected chi connectivity index (χ3v) is 9.57. The summed E-state index contributed by atoms with van der Waals surface area (Å²) < 4.78 is 34.9. The van der Waals surface area contributed by atoms with Crippen molar-refractivity contribution in [3.63, 3.8) is 0 Å². The molecule has 2 saturated heterocycles. The normalized spacial score (nSPS) is 25.5. The second-order valence-corrected chi connectivity index (χ2v) is 12.4. The highest BCUT2D eigenvalue weighted by atomic mass is 32.2. The molecule has 8 nitrogen and oxygen atoms in total. The number of carbonyl (C=O) groups is 1. The molecule has 1 N–H and O–H groups in total. The zero-order valence-corrected chi connectivity index (χ0v) is 20.8. The van der Waals surface area contributed by atoms with Crippen LogP contribution in [0.1, 0.15) is 83.7 Å². The Morgan fingerprint density at radius 3 is 2.64 bits per heavy atom. The minimum absolute atomic E-state index is 0.0329. The molecule has 1 amide bonds. The van der Waals surface area contributed by atoms with E-state index in [1.54, 1.807) is 13.8 Å². The summed E-state index contributed by atoms with van der Waals surface area (Å²) in [6.45, 7) is 5.93. The number of rotatable bonds is 8. The molecule has 1 aliphatic carbocycles. The molecule has 0 bridgehead atoms. The molecule has 33 heavy (non-hydrogen) atoms. The highest BCUT2D eigenvalue weighted by Crippen LogP contribution is 2.41. The van der Waals surface area contributed by atoms with Gasteiger partial charge in [0.15, 0.2) is 11.0 Å². The molecule has 2 atom stereocenters. The van der Waals surface area contributed by atoms with Gasteiger partial charge in [-0.05, 0) is 57.1 Å². The van der Waals surface area contributed by atoms with Crippen molar-refractivity contribution in [2.45, 2.75) is 99.8 Å². The fourth-order valence-corrected chi connectivity index (χ4v) is 6.73. The summed E-state index contributed by atoms with van der Waals surface area (Å²) in [6, 6.07) is 1.82. The molecule has 9 heteroatoms. The van der Waals surface area contributed by atoms with E-state index < -0.39 is 15.9 Å². The molecule has 3 fully saturated rings. The van der Waals surface area contributed by atoms with Crippen LogP contribution in [0.15, 0.2) is 10.6 Å². The number of hydrogen-bond donors (Lipinski definition) is 1. The number of carbonyl (C=O) groups excluding carboxylic acids is 1. The lowest BCUT2D eigenvalue weighted by Crippen LogP contribution is -2.50. The number of aromatic nitrogens is 1. The van der Waals surface area contributed by atoms with E-state index in [1.807, 2.05) is 6.07 Å². The van der Waals surface area contributed by atoms with Crippen molar-refractivity contribution in [2.24, 2.45) is 0 Å². The summed E-state index contributed by atoms with van der Waals surface area (Å²) in [5, 5.41) is 7.14. The summed E-state index contributed by atoms with van der Waals surface area (Å²) in [5.74, 6) is -0.0227. The molecule has 1 aromatic rings. The molecular formula is C24H38N2O6S. The molecule has 3 heterocycles. The Hall–Kier alpha value is -1.13. The highest BCUT2D eigenvalue weighted by molar-refractivity contribution is 7.94. The monoisotopic (exact) mass is 482 g/mol. The maximum Gasteiger partial charge on any atom is 0.282 e. The van der Waals surface area contributed by atoms with Gasteiger partial charge in [-0.25, -0.2) is 0 Å². The second kappa shape index (κ2) is 11.1. The molecule has 2 unspecified atom stereocenters. The van der Waals surface area contributed by atoms with E-state index >= 15 is 0 Å². The SMILES string of the molecule is CC(C)(C(=O)Nc1cc(C2(COC3CCCCO3)CCCCC2)no1)[S+]([O-])C1CCOCC1. The third kappa shape index (κ3) is 5.93. The average Bonchev–Trinajstić information content (AvgIpc) is 3.33. The molecular weight excluding hydrogens is 444 g/mol. The zero-order chi connectivity index (χ0) is 23.3. The van der Waals surface area contributed by atoms with Crippen molar-refractivity contribution in [3.8, 4) is 0 Å². The number of nitrogens with one attached hydrogen (secondary N) is 1. The standard InChI is InChI=1S/C24H38N2O6S/c1-23(2,33(28)18-9-14-29-15-10-18)22(27)25-20-16-19(26-32-20)24(11-5-3-6-12-24)17-31-21-8-4-7-13-30-21/h16,18,21H,3-15,17H2,1-2H3,(H,25,27). The van der Waals surface area contributed by atoms with Crippen LogP contribution in [0.5, 0.6) is 0 Å². The smallest absolute Gasteiger partial charge is 0.282 e. The Balaban J connectivity index is 1.41. The number of nitrogens with zero attached hydrogens (tertiary/aromatic N) is 1. The molecule has 0 spiro atoms. The topological polar surface area (TPSA) is 106 Å². The van der Waals surface area contributed by atoms with Crippen molar-refractivity contribution in [2.75, 3.05) is 31.7 Å². The van der Waals surface area contributed by atoms with Crippen LogP contribution in [-0.4, -0.2) is 58.3 Å². The number of anilines is 1. The van der Waals surface area contributed by atoms with Gasteiger partial charge < -0.3 is 23.3 Å². The number of ether oxygens (including phenoxy) is 3. The average molecular weight is 483 g/mol. The van der Waals surface area contributed by atoms with Gasteiger partial charge in [-0.15, -0.1) is 0 Å². The first-order valence-corrected chi connectivity index (χ1v) is 13.6. The van der Waals surface area contributed by atoms with E-state index in [1.165, 1.54) is 6.42 Å². The van der Waals surface area contributed by atoms with E-state index in [2.05, 4.69) is 10.5 Å². The number of hydrogen-bond acceptors (Lipinski definition) is 7. The Bertz CT molecular complexity index is 767. The Labute approximate surface area is 199 Å². The molecule has 1 saturated carbocycles. The van der Waals surface area contributed by atoms with Crippen molar-refractivity contribution in [1.82, 2.24) is 5.16 Å². The highest BCUT2D eigenvalue weighted by Gasteiger charge is 2.45. The van der Waals surface area contributed by atoms with Crippen LogP contribution >= 0.6 is 0 Å². The van der Waals surface area contributed by atoms with Gasteiger partial charge in [0.25, 0.3) is 5.91 Å². The van der Waals surface area contributed by atoms with E-state index in [0.717, 1.165) is 57.2 Å². The van der Waals surface area contributed by atoms with Crippen molar-refractivity contribution in [3.05, 3.63) is 11.8 Å². The van der Waals surface area contributed by atoms with Gasteiger partial charge >= 0.3 is 0 Å². The zero-order valence-electron chi connectivity index (χ0n) is 19.9. The quantitative estimate of drug-likeness (QED) is 0.557. The summed E-state index contributed by atoms with van der Waals surface area (Å²) in [5.41, 5.74) is 0.586. The fourth-order valence-electron chi connectivity index (χ4n) is 5.04. The first-order valence-electron chi connectivity index (χ1n) is 12.4. The minimum Gasteiger partial charge on any atom is -0.615 e. The molecule has 0 aromatic carbocycles. The van der Waals surface area contributed by atoms with Crippen molar-refractivity contribution >= 4 is 23.0 Å². The van der Waals surface area contributed by atoms with Crippen LogP contribution in [0, 0.1) is 0 Å². The van der Waals surface area contributed by atoms with Crippen LogP contribution in [0.3, 0.4) is 0 Å². The molecule has 4 rings (SSSR count). The predicted octanol–water partition coefficient (Wildman–Crippen LogP) is 4.06. The molecule has 1 aromatic heterocycles. The first-order chi connectivity index (χ1) is 15.9. The van der Waals surface area contributed by atoms with Gasteiger partial charge in [0.05, 0.1) is 25.5 Å². The minimum atomic E-state index is -1.32. The van der Waals surface area contributed by atoms with Gasteiger partial charge in [0, 0.05) is 30.9 Å². The van der Waals surface area contributed by atoms with Gasteiger partial charge in [-0.2, -0.15) is 0 Å². The lowest BCUT2D eigenvalue weighted by atomic mass is 9.72. The van der Waals surface area contributed by atoms with E-state index in [9.17, 15) is 9.35 Å². The largest absolute Gasteiger partial charge is 0.615 e. The van der Waals surface area contributed by atoms with Gasteiger partial charge in [0.1, 0.15) is 5.25 Å². The summed E-state index contributed by atoms with van der Waals surface area (Å²) in [4.78, 5) is 13.1. The maximum atomic E-state index is 13.1. The van der Waals surface area contributed by atoms with Crippen LogP contribution in [0.2, 0.25) is 0 Å². The Morgan fingerprint density at radius 2 is 1.94 bits per heavy atom. The van der Waals surface area contributed by atoms with E-state index in [4.69, 9.17) is 18.7 Å². The van der Waals surface area contributed by atoms with Gasteiger partial charge in [-0.1, -0.05) is 24.4 Å². The summed E-state index contributed by atoms with van der Waals surface area (Å²) in [7, 11) is 0. The second-order valence-electron chi connectivity index (χ2n) is 10.1. The Kier molecular flexibility index (Phi) is 8.38. The van der Waals surface area contributed by atoms with Gasteiger partial charge in [0.2, 0.25) is 5.88 Å².